The average Bonchev–Trinajstić information content (AvgIpc) is 3.49. The molecule has 1 atom stereocenters. The van der Waals surface area contributed by atoms with Gasteiger partial charge >= 0.3 is 17.9 Å². The smallest absolute Gasteiger partial charge is 0.306 e. The molecule has 1 unspecified atom stereocenters. The van der Waals surface area contributed by atoms with E-state index in [1.54, 1.807) is 0 Å². The topological polar surface area (TPSA) is 78.9 Å². The van der Waals surface area contributed by atoms with Crippen LogP contribution >= 0.6 is 0 Å². The van der Waals surface area contributed by atoms with Crippen molar-refractivity contribution >= 4 is 17.9 Å². The second kappa shape index (κ2) is 71.3. The van der Waals surface area contributed by atoms with Gasteiger partial charge in [0.1, 0.15) is 13.2 Å². The molecule has 0 saturated heterocycles. The third-order valence-electron chi connectivity index (χ3n) is 16.2. The van der Waals surface area contributed by atoms with Crippen molar-refractivity contribution in [1.82, 2.24) is 0 Å². The number of unbranched alkanes of at least 4 members (excludes halogenated alkanes) is 44. The fourth-order valence-electron chi connectivity index (χ4n) is 10.8. The number of allylic oxidation sites excluding steroid dienone is 12. The Kier molecular flexibility index (Phi) is 68.6. The number of hydrogen-bond donors (Lipinski definition) is 0. The fraction of sp³-hybridized carbons (Fsp3) is 0.805. The van der Waals surface area contributed by atoms with Gasteiger partial charge in [0.05, 0.1) is 0 Å². The average molecular weight is 1160 g/mol. The van der Waals surface area contributed by atoms with Crippen LogP contribution in [0, 0.1) is 0 Å². The highest BCUT2D eigenvalue weighted by Crippen LogP contribution is 2.19. The highest BCUT2D eigenvalue weighted by molar-refractivity contribution is 5.71. The molecule has 0 aliphatic heterocycles. The lowest BCUT2D eigenvalue weighted by atomic mass is 10.0. The van der Waals surface area contributed by atoms with Gasteiger partial charge in [0, 0.05) is 19.3 Å². The van der Waals surface area contributed by atoms with Crippen LogP contribution in [0.1, 0.15) is 380 Å². The van der Waals surface area contributed by atoms with E-state index in [9.17, 15) is 14.4 Å². The van der Waals surface area contributed by atoms with Gasteiger partial charge in [0.2, 0.25) is 0 Å². The molecule has 0 bridgehead atoms. The van der Waals surface area contributed by atoms with Crippen molar-refractivity contribution in [3.63, 3.8) is 0 Å². The van der Waals surface area contributed by atoms with Crippen LogP contribution in [-0.4, -0.2) is 37.2 Å². The Morgan fingerprint density at radius 3 is 0.735 bits per heavy atom. The van der Waals surface area contributed by atoms with Crippen LogP contribution in [-0.2, 0) is 28.6 Å². The van der Waals surface area contributed by atoms with Crippen LogP contribution in [0.4, 0.5) is 0 Å². The standard InChI is InChI=1S/C77H138O6/c1-4-7-10-13-16-19-22-24-26-28-30-32-33-34-35-36-37-38-39-40-41-42-43-44-46-47-49-51-53-55-58-61-64-67-70-76(79)82-73-74(72-81-75(78)69-66-63-60-57-21-18-15-12-9-6-3)83-77(80)71-68-65-62-59-56-54-52-50-48-45-31-29-27-25-23-20-17-14-11-8-5-2/h8,11,17,20,25,27,31,45,50,52,56,59,74H,4-7,9-10,12-16,18-19,21-24,26,28-30,32-44,46-49,51,53-55,57-58,60-73H2,1-3H3/b11-8-,20-17-,27-25-,45-31-,52-50-,59-56-. The summed E-state index contributed by atoms with van der Waals surface area (Å²) in [6, 6.07) is 0. The quantitative estimate of drug-likeness (QED) is 0.0261. The Balaban J connectivity index is 4.11. The maximum atomic E-state index is 12.9. The molecule has 0 aliphatic rings. The zero-order valence-electron chi connectivity index (χ0n) is 55.5. The molecule has 482 valence electrons. The highest BCUT2D eigenvalue weighted by Gasteiger charge is 2.19. The van der Waals surface area contributed by atoms with Gasteiger partial charge in [-0.3, -0.25) is 14.4 Å². The summed E-state index contributed by atoms with van der Waals surface area (Å²) in [4.78, 5) is 38.3. The number of carbonyl (C=O) groups is 3. The Bertz CT molecular complexity index is 1520. The lowest BCUT2D eigenvalue weighted by Gasteiger charge is -2.18. The van der Waals surface area contributed by atoms with E-state index in [0.717, 1.165) is 89.9 Å². The second-order valence-electron chi connectivity index (χ2n) is 24.5. The summed E-state index contributed by atoms with van der Waals surface area (Å²) in [5.74, 6) is -0.916. The van der Waals surface area contributed by atoms with Gasteiger partial charge < -0.3 is 14.2 Å². The van der Waals surface area contributed by atoms with Gasteiger partial charge in [-0.25, -0.2) is 0 Å². The summed E-state index contributed by atoms with van der Waals surface area (Å²) in [7, 11) is 0. The van der Waals surface area contributed by atoms with E-state index >= 15 is 0 Å². The van der Waals surface area contributed by atoms with E-state index in [0.29, 0.717) is 19.3 Å². The van der Waals surface area contributed by atoms with Crippen LogP contribution < -0.4 is 0 Å². The first-order chi connectivity index (χ1) is 41.0. The van der Waals surface area contributed by atoms with E-state index in [1.165, 1.54) is 244 Å². The maximum absolute atomic E-state index is 12.9. The molecule has 0 rings (SSSR count). The van der Waals surface area contributed by atoms with Crippen LogP contribution in [0.15, 0.2) is 72.9 Å². The molecule has 0 aromatic heterocycles. The largest absolute Gasteiger partial charge is 0.462 e. The van der Waals surface area contributed by atoms with Gasteiger partial charge in [-0.15, -0.1) is 0 Å². The molecule has 0 aliphatic carbocycles. The van der Waals surface area contributed by atoms with Crippen LogP contribution in [0.3, 0.4) is 0 Å². The highest BCUT2D eigenvalue weighted by atomic mass is 16.6. The Hall–Kier alpha value is -3.15. The number of rotatable bonds is 67. The zero-order valence-corrected chi connectivity index (χ0v) is 55.5. The molecule has 83 heavy (non-hydrogen) atoms. The summed E-state index contributed by atoms with van der Waals surface area (Å²) in [6.07, 6.45) is 94.0. The molecule has 0 fully saturated rings. The Morgan fingerprint density at radius 2 is 0.470 bits per heavy atom. The van der Waals surface area contributed by atoms with Crippen molar-refractivity contribution < 1.29 is 28.6 Å². The van der Waals surface area contributed by atoms with Crippen LogP contribution in [0.25, 0.3) is 0 Å². The number of esters is 3. The molecule has 6 heteroatoms. The van der Waals surface area contributed by atoms with E-state index in [4.69, 9.17) is 14.2 Å². The minimum atomic E-state index is -0.797. The van der Waals surface area contributed by atoms with Gasteiger partial charge in [-0.1, -0.05) is 363 Å². The molecule has 0 radical (unpaired) electrons. The summed E-state index contributed by atoms with van der Waals surface area (Å²) < 4.78 is 16.9. The van der Waals surface area contributed by atoms with Crippen molar-refractivity contribution in [2.75, 3.05) is 13.2 Å². The molecule has 0 aromatic rings. The molecule has 0 amide bonds. The van der Waals surface area contributed by atoms with E-state index in [-0.39, 0.29) is 37.5 Å². The number of ether oxygens (including phenoxy) is 3. The predicted molar refractivity (Wildman–Crippen MR) is 362 cm³/mol. The first-order valence-corrected chi connectivity index (χ1v) is 36.4. The van der Waals surface area contributed by atoms with Crippen molar-refractivity contribution in [3.05, 3.63) is 72.9 Å². The summed E-state index contributed by atoms with van der Waals surface area (Å²) >= 11 is 0. The first kappa shape index (κ1) is 79.8. The summed E-state index contributed by atoms with van der Waals surface area (Å²) in [5, 5.41) is 0. The molecular formula is C77H138O6. The zero-order chi connectivity index (χ0) is 59.9. The van der Waals surface area contributed by atoms with E-state index < -0.39 is 6.10 Å². The number of carbonyl (C=O) groups excluding carboxylic acids is 3. The Labute approximate surface area is 516 Å². The summed E-state index contributed by atoms with van der Waals surface area (Å²) in [5.41, 5.74) is 0. The van der Waals surface area contributed by atoms with Gasteiger partial charge in [0.25, 0.3) is 0 Å². The van der Waals surface area contributed by atoms with Crippen LogP contribution in [0.5, 0.6) is 0 Å². The minimum absolute atomic E-state index is 0.0890. The molecule has 0 aromatic carbocycles. The second-order valence-corrected chi connectivity index (χ2v) is 24.5. The molecular weight excluding hydrogens is 1020 g/mol. The maximum Gasteiger partial charge on any atom is 0.306 e. The number of hydrogen-bond acceptors (Lipinski definition) is 6. The lowest BCUT2D eigenvalue weighted by Crippen LogP contribution is -2.30. The lowest BCUT2D eigenvalue weighted by molar-refractivity contribution is -0.167. The van der Waals surface area contributed by atoms with Gasteiger partial charge in [-0.2, -0.15) is 0 Å². The van der Waals surface area contributed by atoms with Crippen molar-refractivity contribution in [2.45, 2.75) is 386 Å². The minimum Gasteiger partial charge on any atom is -0.462 e. The van der Waals surface area contributed by atoms with E-state index in [1.807, 2.05) is 0 Å². The third-order valence-corrected chi connectivity index (χ3v) is 16.2. The molecule has 0 saturated carbocycles. The molecule has 0 spiro atoms. The van der Waals surface area contributed by atoms with Crippen molar-refractivity contribution in [1.29, 1.82) is 0 Å². The van der Waals surface area contributed by atoms with Gasteiger partial charge in [0.15, 0.2) is 6.10 Å². The monoisotopic (exact) mass is 1160 g/mol. The predicted octanol–water partition coefficient (Wildman–Crippen LogP) is 25.2. The van der Waals surface area contributed by atoms with Crippen LogP contribution in [0.2, 0.25) is 0 Å². The fourth-order valence-corrected chi connectivity index (χ4v) is 10.8. The van der Waals surface area contributed by atoms with E-state index in [2.05, 4.69) is 93.7 Å². The Morgan fingerprint density at radius 1 is 0.253 bits per heavy atom. The molecule has 6 nitrogen and oxygen atoms in total. The molecule has 0 heterocycles. The molecule has 0 N–H and O–H groups in total. The SMILES string of the molecule is CC/C=C\C/C=C\C/C=C\C/C=C\C/C=C\C/C=C\CCCCC(=O)OC(COC(=O)CCCCCCCCCCCC)COC(=O)CCCCCCCCCCCCCCCCCCCCCCCCCCCCCCCCCCCC. The van der Waals surface area contributed by atoms with Crippen molar-refractivity contribution in [3.8, 4) is 0 Å². The first-order valence-electron chi connectivity index (χ1n) is 36.4. The van der Waals surface area contributed by atoms with Gasteiger partial charge in [-0.05, 0) is 70.6 Å². The third kappa shape index (κ3) is 69.5. The normalized spacial score (nSPS) is 12.5. The van der Waals surface area contributed by atoms with Crippen molar-refractivity contribution in [2.24, 2.45) is 0 Å². The summed E-state index contributed by atoms with van der Waals surface area (Å²) in [6.45, 7) is 6.53.